The number of benzene rings is 2. The fourth-order valence-electron chi connectivity index (χ4n) is 3.92. The molecule has 1 fully saturated rings. The predicted octanol–water partition coefficient (Wildman–Crippen LogP) is 5.06. The third kappa shape index (κ3) is 3.32. The van der Waals surface area contributed by atoms with E-state index in [1.54, 1.807) is 0 Å². The van der Waals surface area contributed by atoms with E-state index in [1.165, 1.54) is 22.3 Å². The van der Waals surface area contributed by atoms with Crippen LogP contribution in [-0.4, -0.2) is 30.3 Å². The van der Waals surface area contributed by atoms with Gasteiger partial charge >= 0.3 is 0 Å². The monoisotopic (exact) mass is 347 g/mol. The Morgan fingerprint density at radius 3 is 2.12 bits per heavy atom. The van der Waals surface area contributed by atoms with Crippen LogP contribution in [0.3, 0.4) is 0 Å². The maximum absolute atomic E-state index is 11.6. The number of piperidine rings is 1. The molecule has 0 unspecified atom stereocenters. The number of ether oxygens (including phenoxy) is 1. The zero-order chi connectivity index (χ0) is 17.9. The molecule has 134 valence electrons. The summed E-state index contributed by atoms with van der Waals surface area (Å²) in [4.78, 5) is 14.0. The number of rotatable bonds is 4. The second-order valence-corrected chi connectivity index (χ2v) is 7.06. The fraction of sp³-hybridized carbons (Fsp3) is 0.348. The van der Waals surface area contributed by atoms with E-state index >= 15 is 0 Å². The Morgan fingerprint density at radius 2 is 1.54 bits per heavy atom. The number of hydrogen-bond acceptors (Lipinski definition) is 3. The van der Waals surface area contributed by atoms with E-state index in [9.17, 15) is 4.79 Å². The van der Waals surface area contributed by atoms with Gasteiger partial charge in [0.05, 0.1) is 0 Å². The third-order valence-corrected chi connectivity index (χ3v) is 5.45. The van der Waals surface area contributed by atoms with Crippen LogP contribution >= 0.6 is 0 Å². The molecule has 2 aromatic rings. The Morgan fingerprint density at radius 1 is 0.962 bits per heavy atom. The number of likely N-dealkylation sites (tertiary alicyclic amines) is 1. The van der Waals surface area contributed by atoms with Crippen LogP contribution in [-0.2, 0) is 4.79 Å². The molecule has 0 radical (unpaired) electrons. The predicted molar refractivity (Wildman–Crippen MR) is 105 cm³/mol. The first-order valence-electron chi connectivity index (χ1n) is 9.59. The summed E-state index contributed by atoms with van der Waals surface area (Å²) in [6.45, 7) is 4.90. The second kappa shape index (κ2) is 7.46. The first kappa shape index (κ1) is 17.0. The number of nitrogens with zero attached hydrogens (tertiary/aromatic N) is 1. The van der Waals surface area contributed by atoms with Gasteiger partial charge in [0.1, 0.15) is 17.3 Å². The summed E-state index contributed by atoms with van der Waals surface area (Å²) < 4.78 is 6.11. The highest BCUT2D eigenvalue weighted by Gasteiger charge is 2.26. The van der Waals surface area contributed by atoms with Crippen LogP contribution < -0.4 is 4.74 Å². The highest BCUT2D eigenvalue weighted by atomic mass is 16.5. The van der Waals surface area contributed by atoms with E-state index in [-0.39, 0.29) is 0 Å². The Hall–Kier alpha value is -2.39. The van der Waals surface area contributed by atoms with Crippen molar-refractivity contribution in [2.45, 2.75) is 32.6 Å². The third-order valence-electron chi connectivity index (χ3n) is 5.45. The molecule has 2 aliphatic heterocycles. The first-order chi connectivity index (χ1) is 12.8. The van der Waals surface area contributed by atoms with Crippen molar-refractivity contribution in [2.24, 2.45) is 0 Å². The summed E-state index contributed by atoms with van der Waals surface area (Å²) >= 11 is 0. The van der Waals surface area contributed by atoms with Crippen LogP contribution in [0, 0.1) is 0 Å². The Bertz CT molecular complexity index is 795. The van der Waals surface area contributed by atoms with E-state index in [2.05, 4.69) is 41.3 Å². The normalized spacial score (nSPS) is 16.7. The number of fused-ring (bicyclic) bond motifs is 2. The molecule has 0 aliphatic carbocycles. The largest absolute Gasteiger partial charge is 0.456 e. The molecule has 0 aromatic heterocycles. The summed E-state index contributed by atoms with van der Waals surface area (Å²) in [6, 6.07) is 16.7. The second-order valence-electron chi connectivity index (χ2n) is 7.06. The molecule has 26 heavy (non-hydrogen) atoms. The van der Waals surface area contributed by atoms with Crippen molar-refractivity contribution >= 4 is 11.4 Å². The molecule has 0 spiro atoms. The van der Waals surface area contributed by atoms with Gasteiger partial charge in [-0.15, -0.1) is 0 Å². The maximum atomic E-state index is 11.6. The van der Waals surface area contributed by atoms with E-state index in [0.717, 1.165) is 44.0 Å². The summed E-state index contributed by atoms with van der Waals surface area (Å²) in [5, 5.41) is 0. The summed E-state index contributed by atoms with van der Waals surface area (Å²) in [6.07, 6.45) is 3.44. The highest BCUT2D eigenvalue weighted by molar-refractivity contribution is 5.89. The number of carbonyl (C=O) groups is 1. The van der Waals surface area contributed by atoms with E-state index in [1.807, 2.05) is 19.1 Å². The SMILES string of the molecule is CCC(=O)CCN1CCC(=C2c3ccccc3Oc3ccccc32)CC1. The maximum Gasteiger partial charge on any atom is 0.135 e. The molecule has 2 aromatic carbocycles. The minimum Gasteiger partial charge on any atom is -0.456 e. The minimum absolute atomic E-state index is 0.362. The summed E-state index contributed by atoms with van der Waals surface area (Å²) in [5.74, 6) is 2.26. The van der Waals surface area contributed by atoms with Crippen molar-refractivity contribution in [3.8, 4) is 11.5 Å². The average Bonchev–Trinajstić information content (AvgIpc) is 2.70. The van der Waals surface area contributed by atoms with Crippen LogP contribution in [0.25, 0.3) is 5.57 Å². The molecular weight excluding hydrogens is 322 g/mol. The average molecular weight is 347 g/mol. The van der Waals surface area contributed by atoms with Crippen molar-refractivity contribution in [1.29, 1.82) is 0 Å². The van der Waals surface area contributed by atoms with Crippen LogP contribution in [0.5, 0.6) is 11.5 Å². The number of ketones is 1. The number of Topliss-reactive ketones (excluding diaryl/α,β-unsaturated/α-hetero) is 1. The quantitative estimate of drug-likeness (QED) is 0.661. The zero-order valence-electron chi connectivity index (χ0n) is 15.3. The van der Waals surface area contributed by atoms with Crippen molar-refractivity contribution in [1.82, 2.24) is 4.90 Å². The van der Waals surface area contributed by atoms with Gasteiger partial charge in [0, 0.05) is 43.6 Å². The minimum atomic E-state index is 0.362. The highest BCUT2D eigenvalue weighted by Crippen LogP contribution is 2.46. The van der Waals surface area contributed by atoms with Gasteiger partial charge in [-0.3, -0.25) is 4.79 Å². The van der Waals surface area contributed by atoms with Gasteiger partial charge < -0.3 is 9.64 Å². The zero-order valence-corrected chi connectivity index (χ0v) is 15.3. The van der Waals surface area contributed by atoms with E-state index in [0.29, 0.717) is 18.6 Å². The molecule has 2 heterocycles. The van der Waals surface area contributed by atoms with Gasteiger partial charge in [-0.1, -0.05) is 48.9 Å². The molecule has 0 atom stereocenters. The van der Waals surface area contributed by atoms with Crippen LogP contribution in [0.15, 0.2) is 54.1 Å². The van der Waals surface area contributed by atoms with Gasteiger partial charge in [0.25, 0.3) is 0 Å². The molecule has 0 N–H and O–H groups in total. The molecule has 2 aliphatic rings. The number of hydrogen-bond donors (Lipinski definition) is 0. The Kier molecular flexibility index (Phi) is 4.89. The molecule has 1 saturated heterocycles. The van der Waals surface area contributed by atoms with Crippen LogP contribution in [0.2, 0.25) is 0 Å². The number of carbonyl (C=O) groups excluding carboxylic acids is 1. The van der Waals surface area contributed by atoms with E-state index < -0.39 is 0 Å². The smallest absolute Gasteiger partial charge is 0.135 e. The molecule has 0 bridgehead atoms. The lowest BCUT2D eigenvalue weighted by atomic mass is 9.86. The summed E-state index contributed by atoms with van der Waals surface area (Å²) in [7, 11) is 0. The van der Waals surface area contributed by atoms with Crippen LogP contribution in [0.4, 0.5) is 0 Å². The molecular formula is C23H25NO2. The van der Waals surface area contributed by atoms with Crippen molar-refractivity contribution in [3.63, 3.8) is 0 Å². The lowest BCUT2D eigenvalue weighted by Gasteiger charge is -2.32. The van der Waals surface area contributed by atoms with Gasteiger partial charge in [0.2, 0.25) is 0 Å². The fourth-order valence-corrected chi connectivity index (χ4v) is 3.92. The lowest BCUT2D eigenvalue weighted by Crippen LogP contribution is -2.33. The van der Waals surface area contributed by atoms with Gasteiger partial charge in [-0.2, -0.15) is 0 Å². The Labute approximate surface area is 155 Å². The lowest BCUT2D eigenvalue weighted by molar-refractivity contribution is -0.119. The van der Waals surface area contributed by atoms with Gasteiger partial charge in [-0.05, 0) is 30.5 Å². The molecule has 0 saturated carbocycles. The first-order valence-corrected chi connectivity index (χ1v) is 9.59. The summed E-state index contributed by atoms with van der Waals surface area (Å²) in [5.41, 5.74) is 5.27. The van der Waals surface area contributed by atoms with E-state index in [4.69, 9.17) is 4.74 Å². The standard InChI is InChI=1S/C23H25NO2/c1-2-18(25)13-16-24-14-11-17(12-15-24)23-19-7-3-5-9-21(19)26-22-10-6-4-8-20(22)23/h3-10H,2,11-16H2,1H3. The topological polar surface area (TPSA) is 29.5 Å². The van der Waals surface area contributed by atoms with Crippen molar-refractivity contribution in [3.05, 3.63) is 65.2 Å². The molecule has 0 amide bonds. The van der Waals surface area contributed by atoms with Crippen LogP contribution in [0.1, 0.15) is 43.7 Å². The van der Waals surface area contributed by atoms with Gasteiger partial charge in [0.15, 0.2) is 0 Å². The molecule has 3 nitrogen and oxygen atoms in total. The Balaban J connectivity index is 1.61. The molecule has 3 heteroatoms. The molecule has 4 rings (SSSR count). The number of para-hydroxylation sites is 2. The van der Waals surface area contributed by atoms with Crippen molar-refractivity contribution < 1.29 is 9.53 Å². The van der Waals surface area contributed by atoms with Crippen molar-refractivity contribution in [2.75, 3.05) is 19.6 Å². The van der Waals surface area contributed by atoms with Gasteiger partial charge in [-0.25, -0.2) is 0 Å².